The second kappa shape index (κ2) is 7.41. The highest BCUT2D eigenvalue weighted by Crippen LogP contribution is 1.96. The first-order chi connectivity index (χ1) is 7.74. The molecule has 0 radical (unpaired) electrons. The highest BCUT2D eigenvalue weighted by atomic mass is 16.5. The fourth-order valence-corrected chi connectivity index (χ4v) is 1.51. The Hall–Kier alpha value is -0.870. The molecule has 0 bridgehead atoms. The van der Waals surface area contributed by atoms with Gasteiger partial charge in [0.2, 0.25) is 0 Å². The number of imidazole rings is 1. The SMILES string of the molecule is CCn1ccnc1CNCCCOC(C)C. The number of ether oxygens (including phenoxy) is 1. The molecular formula is C12H23N3O. The predicted molar refractivity (Wildman–Crippen MR) is 65.3 cm³/mol. The van der Waals surface area contributed by atoms with Crippen molar-refractivity contribution in [1.82, 2.24) is 14.9 Å². The van der Waals surface area contributed by atoms with Gasteiger partial charge in [-0.25, -0.2) is 4.98 Å². The van der Waals surface area contributed by atoms with Crippen LogP contribution < -0.4 is 5.32 Å². The Morgan fingerprint density at radius 3 is 3.00 bits per heavy atom. The molecule has 0 atom stereocenters. The number of rotatable bonds is 8. The predicted octanol–water partition coefficient (Wildman–Crippen LogP) is 1.81. The van der Waals surface area contributed by atoms with Crippen LogP contribution in [-0.2, 0) is 17.8 Å². The number of nitrogens with one attached hydrogen (secondary N) is 1. The maximum atomic E-state index is 5.46. The topological polar surface area (TPSA) is 39.1 Å². The van der Waals surface area contributed by atoms with Gasteiger partial charge in [-0.2, -0.15) is 0 Å². The second-order valence-electron chi connectivity index (χ2n) is 4.08. The van der Waals surface area contributed by atoms with Gasteiger partial charge in [0, 0.05) is 25.5 Å². The molecular weight excluding hydrogens is 202 g/mol. The molecule has 4 nitrogen and oxygen atoms in total. The lowest BCUT2D eigenvalue weighted by atomic mass is 10.4. The molecule has 0 spiro atoms. The summed E-state index contributed by atoms with van der Waals surface area (Å²) >= 11 is 0. The molecule has 16 heavy (non-hydrogen) atoms. The van der Waals surface area contributed by atoms with E-state index < -0.39 is 0 Å². The summed E-state index contributed by atoms with van der Waals surface area (Å²) in [5, 5.41) is 3.37. The summed E-state index contributed by atoms with van der Waals surface area (Å²) in [7, 11) is 0. The fraction of sp³-hybridized carbons (Fsp3) is 0.750. The Labute approximate surface area is 98.0 Å². The van der Waals surface area contributed by atoms with E-state index in [1.54, 1.807) is 0 Å². The van der Waals surface area contributed by atoms with Crippen LogP contribution in [0, 0.1) is 0 Å². The molecule has 0 aliphatic carbocycles. The number of hydrogen-bond donors (Lipinski definition) is 1. The molecule has 0 unspecified atom stereocenters. The Bertz CT molecular complexity index is 284. The van der Waals surface area contributed by atoms with E-state index in [0.717, 1.165) is 38.5 Å². The van der Waals surface area contributed by atoms with Crippen LogP contribution in [0.3, 0.4) is 0 Å². The lowest BCUT2D eigenvalue weighted by Gasteiger charge is -2.08. The zero-order valence-electron chi connectivity index (χ0n) is 10.6. The number of aromatic nitrogens is 2. The molecule has 0 aliphatic rings. The molecule has 92 valence electrons. The molecule has 1 aromatic heterocycles. The van der Waals surface area contributed by atoms with Crippen molar-refractivity contribution < 1.29 is 4.74 Å². The summed E-state index contributed by atoms with van der Waals surface area (Å²) in [5.41, 5.74) is 0. The summed E-state index contributed by atoms with van der Waals surface area (Å²) in [6.45, 7) is 9.87. The van der Waals surface area contributed by atoms with Crippen molar-refractivity contribution in [2.45, 2.75) is 46.4 Å². The lowest BCUT2D eigenvalue weighted by Crippen LogP contribution is -2.19. The monoisotopic (exact) mass is 225 g/mol. The van der Waals surface area contributed by atoms with Crippen molar-refractivity contribution in [1.29, 1.82) is 0 Å². The minimum Gasteiger partial charge on any atom is -0.379 e. The zero-order chi connectivity index (χ0) is 11.8. The molecule has 1 N–H and O–H groups in total. The van der Waals surface area contributed by atoms with Gasteiger partial charge in [0.05, 0.1) is 12.6 Å². The van der Waals surface area contributed by atoms with Gasteiger partial charge in [0.25, 0.3) is 0 Å². The lowest BCUT2D eigenvalue weighted by molar-refractivity contribution is 0.0770. The van der Waals surface area contributed by atoms with Crippen LogP contribution in [-0.4, -0.2) is 28.8 Å². The van der Waals surface area contributed by atoms with Crippen LogP contribution >= 0.6 is 0 Å². The second-order valence-corrected chi connectivity index (χ2v) is 4.08. The third kappa shape index (κ3) is 4.77. The van der Waals surface area contributed by atoms with E-state index in [1.807, 2.05) is 12.4 Å². The van der Waals surface area contributed by atoms with Crippen molar-refractivity contribution in [2.75, 3.05) is 13.2 Å². The minimum absolute atomic E-state index is 0.332. The smallest absolute Gasteiger partial charge is 0.122 e. The Morgan fingerprint density at radius 1 is 1.50 bits per heavy atom. The maximum absolute atomic E-state index is 5.46. The summed E-state index contributed by atoms with van der Waals surface area (Å²) in [6.07, 6.45) is 5.24. The third-order valence-corrected chi connectivity index (χ3v) is 2.37. The minimum atomic E-state index is 0.332. The Morgan fingerprint density at radius 2 is 2.31 bits per heavy atom. The van der Waals surface area contributed by atoms with Crippen molar-refractivity contribution in [3.63, 3.8) is 0 Å². The summed E-state index contributed by atoms with van der Waals surface area (Å²) in [4.78, 5) is 4.30. The molecule has 0 aliphatic heterocycles. The van der Waals surface area contributed by atoms with E-state index in [9.17, 15) is 0 Å². The molecule has 1 rings (SSSR count). The van der Waals surface area contributed by atoms with E-state index in [-0.39, 0.29) is 0 Å². The zero-order valence-corrected chi connectivity index (χ0v) is 10.6. The van der Waals surface area contributed by atoms with Crippen molar-refractivity contribution in [3.05, 3.63) is 18.2 Å². The van der Waals surface area contributed by atoms with Gasteiger partial charge in [0.1, 0.15) is 5.82 Å². The number of aryl methyl sites for hydroxylation is 1. The summed E-state index contributed by atoms with van der Waals surface area (Å²) < 4.78 is 7.61. The standard InChI is InChI=1S/C12H23N3O/c1-4-15-8-7-14-12(15)10-13-6-5-9-16-11(2)3/h7-8,11,13H,4-6,9-10H2,1-3H3. The van der Waals surface area contributed by atoms with Crippen LogP contribution in [0.2, 0.25) is 0 Å². The van der Waals surface area contributed by atoms with E-state index >= 15 is 0 Å². The number of nitrogens with zero attached hydrogens (tertiary/aromatic N) is 2. The first-order valence-corrected chi connectivity index (χ1v) is 6.06. The highest BCUT2D eigenvalue weighted by molar-refractivity contribution is 4.91. The first-order valence-electron chi connectivity index (χ1n) is 6.06. The van der Waals surface area contributed by atoms with E-state index in [0.29, 0.717) is 6.10 Å². The van der Waals surface area contributed by atoms with Crippen LogP contribution in [0.25, 0.3) is 0 Å². The van der Waals surface area contributed by atoms with Gasteiger partial charge in [-0.05, 0) is 33.7 Å². The average Bonchev–Trinajstić information content (AvgIpc) is 2.70. The third-order valence-electron chi connectivity index (χ3n) is 2.37. The summed E-state index contributed by atoms with van der Waals surface area (Å²) in [5.74, 6) is 1.10. The van der Waals surface area contributed by atoms with Crippen LogP contribution in [0.5, 0.6) is 0 Å². The molecule has 0 saturated heterocycles. The van der Waals surface area contributed by atoms with Gasteiger partial charge in [0.15, 0.2) is 0 Å². The normalized spacial score (nSPS) is 11.2. The fourth-order valence-electron chi connectivity index (χ4n) is 1.51. The van der Waals surface area contributed by atoms with E-state index in [2.05, 4.69) is 35.6 Å². The van der Waals surface area contributed by atoms with Crippen molar-refractivity contribution in [2.24, 2.45) is 0 Å². The first kappa shape index (κ1) is 13.2. The maximum Gasteiger partial charge on any atom is 0.122 e. The number of hydrogen-bond acceptors (Lipinski definition) is 3. The quantitative estimate of drug-likeness (QED) is 0.686. The van der Waals surface area contributed by atoms with Gasteiger partial charge in [-0.3, -0.25) is 0 Å². The van der Waals surface area contributed by atoms with Crippen LogP contribution in [0.4, 0.5) is 0 Å². The highest BCUT2D eigenvalue weighted by Gasteiger charge is 1.99. The van der Waals surface area contributed by atoms with Crippen LogP contribution in [0.15, 0.2) is 12.4 Å². The molecule has 1 aromatic rings. The molecule has 0 aromatic carbocycles. The average molecular weight is 225 g/mol. The van der Waals surface area contributed by atoms with Crippen molar-refractivity contribution >= 4 is 0 Å². The molecule has 1 heterocycles. The van der Waals surface area contributed by atoms with Gasteiger partial charge >= 0.3 is 0 Å². The Balaban J connectivity index is 2.07. The Kier molecular flexibility index (Phi) is 6.11. The molecule has 0 saturated carbocycles. The van der Waals surface area contributed by atoms with Gasteiger partial charge in [-0.15, -0.1) is 0 Å². The molecule has 4 heteroatoms. The van der Waals surface area contributed by atoms with Gasteiger partial charge in [-0.1, -0.05) is 0 Å². The van der Waals surface area contributed by atoms with Gasteiger partial charge < -0.3 is 14.6 Å². The van der Waals surface area contributed by atoms with E-state index in [1.165, 1.54) is 0 Å². The molecule has 0 amide bonds. The van der Waals surface area contributed by atoms with E-state index in [4.69, 9.17) is 4.74 Å². The van der Waals surface area contributed by atoms with Crippen molar-refractivity contribution in [3.8, 4) is 0 Å². The largest absolute Gasteiger partial charge is 0.379 e. The molecule has 0 fully saturated rings. The summed E-state index contributed by atoms with van der Waals surface area (Å²) in [6, 6.07) is 0. The van der Waals surface area contributed by atoms with Crippen LogP contribution in [0.1, 0.15) is 33.0 Å².